The van der Waals surface area contributed by atoms with Gasteiger partial charge in [-0.05, 0) is 31.0 Å². The molecule has 1 aliphatic rings. The van der Waals surface area contributed by atoms with Gasteiger partial charge in [-0.3, -0.25) is 14.4 Å². The number of aromatic nitrogens is 1. The molecule has 0 aliphatic carbocycles. The number of benzene rings is 1. The first-order valence-corrected chi connectivity index (χ1v) is 12.6. The molecule has 2 amide bonds. The molecule has 2 aromatic rings. The Morgan fingerprint density at radius 3 is 2.42 bits per heavy atom. The monoisotopic (exact) mass is 493 g/mol. The number of likely N-dealkylation sites (tertiary alicyclic amines) is 1. The Morgan fingerprint density at radius 1 is 1.03 bits per heavy atom. The fraction of sp³-hybridized carbons (Fsp3) is 0.500. The maximum atomic E-state index is 12.5. The van der Waals surface area contributed by atoms with Gasteiger partial charge in [0.25, 0.3) is 5.91 Å². The number of ether oxygens (including phenoxy) is 2. The molecule has 11 heteroatoms. The van der Waals surface area contributed by atoms with Gasteiger partial charge in [-0.15, -0.1) is 11.8 Å². The highest BCUT2D eigenvalue weighted by atomic mass is 32.2. The van der Waals surface area contributed by atoms with E-state index in [4.69, 9.17) is 9.47 Å². The second-order valence-corrected chi connectivity index (χ2v) is 9.51. The number of carbonyl (C=O) groups excluding carboxylic acids is 4. The van der Waals surface area contributed by atoms with E-state index in [-0.39, 0.29) is 24.0 Å². The zero-order chi connectivity index (χ0) is 23.8. The Morgan fingerprint density at radius 2 is 1.76 bits per heavy atom. The van der Waals surface area contributed by atoms with Crippen molar-refractivity contribution in [2.24, 2.45) is 4.99 Å². The van der Waals surface area contributed by atoms with Gasteiger partial charge in [0.15, 0.2) is 4.80 Å². The van der Waals surface area contributed by atoms with Crippen LogP contribution in [-0.2, 0) is 30.4 Å². The zero-order valence-electron chi connectivity index (χ0n) is 18.7. The fourth-order valence-electron chi connectivity index (χ4n) is 3.53. The number of methoxy groups -OCH3 is 2. The van der Waals surface area contributed by atoms with E-state index >= 15 is 0 Å². The van der Waals surface area contributed by atoms with Crippen LogP contribution in [0.15, 0.2) is 23.2 Å². The van der Waals surface area contributed by atoms with Crippen molar-refractivity contribution in [3.8, 4) is 0 Å². The molecule has 1 fully saturated rings. The van der Waals surface area contributed by atoms with Crippen molar-refractivity contribution in [3.05, 3.63) is 28.6 Å². The van der Waals surface area contributed by atoms with E-state index < -0.39 is 17.8 Å². The Kier molecular flexibility index (Phi) is 9.07. The maximum Gasteiger partial charge on any atom is 0.337 e. The van der Waals surface area contributed by atoms with Crippen LogP contribution in [0.3, 0.4) is 0 Å². The summed E-state index contributed by atoms with van der Waals surface area (Å²) < 4.78 is 11.8. The lowest BCUT2D eigenvalue weighted by Crippen LogP contribution is -2.33. The van der Waals surface area contributed by atoms with E-state index in [9.17, 15) is 19.2 Å². The average molecular weight is 494 g/mol. The van der Waals surface area contributed by atoms with Gasteiger partial charge in [-0.1, -0.05) is 24.2 Å². The van der Waals surface area contributed by atoms with Crippen LogP contribution in [0.25, 0.3) is 10.2 Å². The van der Waals surface area contributed by atoms with Crippen LogP contribution in [0.1, 0.15) is 36.0 Å². The molecular weight excluding hydrogens is 466 g/mol. The highest BCUT2D eigenvalue weighted by Gasteiger charge is 2.17. The second-order valence-electron chi connectivity index (χ2n) is 7.51. The Labute approximate surface area is 199 Å². The summed E-state index contributed by atoms with van der Waals surface area (Å²) >= 11 is 2.42. The van der Waals surface area contributed by atoms with E-state index in [1.807, 2.05) is 4.90 Å². The molecule has 0 radical (unpaired) electrons. The molecule has 0 spiro atoms. The highest BCUT2D eigenvalue weighted by molar-refractivity contribution is 8.00. The molecule has 0 atom stereocenters. The van der Waals surface area contributed by atoms with Crippen molar-refractivity contribution in [2.45, 2.75) is 32.2 Å². The fourth-order valence-corrected chi connectivity index (χ4v) is 5.31. The topological polar surface area (TPSA) is 107 Å². The van der Waals surface area contributed by atoms with Crippen LogP contribution in [0.4, 0.5) is 0 Å². The summed E-state index contributed by atoms with van der Waals surface area (Å²) in [6, 6.07) is 4.90. The van der Waals surface area contributed by atoms with Gasteiger partial charge in [0.05, 0.1) is 41.5 Å². The summed E-state index contributed by atoms with van der Waals surface area (Å²) in [5, 5.41) is 0. The van der Waals surface area contributed by atoms with Crippen LogP contribution in [-0.4, -0.2) is 72.0 Å². The molecular formula is C22H27N3O6S2. The van der Waals surface area contributed by atoms with Crippen LogP contribution < -0.4 is 4.80 Å². The SMILES string of the molecule is COC(=O)Cn1c(=NC(=O)CSCC(=O)N2CCCCCC2)sc2cc(C(=O)OC)ccc21. The van der Waals surface area contributed by atoms with E-state index in [2.05, 4.69) is 4.99 Å². The molecule has 1 saturated heterocycles. The van der Waals surface area contributed by atoms with Crippen molar-refractivity contribution >= 4 is 57.1 Å². The number of hydrogen-bond donors (Lipinski definition) is 0. The molecule has 178 valence electrons. The molecule has 33 heavy (non-hydrogen) atoms. The number of hydrogen-bond acceptors (Lipinski definition) is 8. The number of thioether (sulfide) groups is 1. The first-order valence-electron chi connectivity index (χ1n) is 10.6. The normalized spacial score (nSPS) is 14.7. The first kappa shape index (κ1) is 25.0. The van der Waals surface area contributed by atoms with Gasteiger partial charge >= 0.3 is 11.9 Å². The molecule has 1 aromatic heterocycles. The summed E-state index contributed by atoms with van der Waals surface area (Å²) in [7, 11) is 2.58. The Bertz CT molecular complexity index is 1100. The summed E-state index contributed by atoms with van der Waals surface area (Å²) in [6.07, 6.45) is 4.34. The van der Waals surface area contributed by atoms with Gasteiger partial charge in [0.2, 0.25) is 5.91 Å². The van der Waals surface area contributed by atoms with Gasteiger partial charge < -0.3 is 18.9 Å². The molecule has 9 nitrogen and oxygen atoms in total. The van der Waals surface area contributed by atoms with Crippen molar-refractivity contribution in [3.63, 3.8) is 0 Å². The summed E-state index contributed by atoms with van der Waals surface area (Å²) in [5.74, 6) is -1.03. The van der Waals surface area contributed by atoms with Crippen LogP contribution in [0.5, 0.6) is 0 Å². The molecule has 3 rings (SSSR count). The van der Waals surface area contributed by atoms with Gasteiger partial charge in [0, 0.05) is 13.1 Å². The Hall–Kier alpha value is -2.66. The van der Waals surface area contributed by atoms with Gasteiger partial charge in [-0.2, -0.15) is 4.99 Å². The third kappa shape index (κ3) is 6.67. The van der Waals surface area contributed by atoms with E-state index in [0.717, 1.165) is 38.8 Å². The molecule has 2 heterocycles. The third-order valence-electron chi connectivity index (χ3n) is 5.25. The minimum Gasteiger partial charge on any atom is -0.468 e. The number of carbonyl (C=O) groups is 4. The molecule has 0 bridgehead atoms. The lowest BCUT2D eigenvalue weighted by Gasteiger charge is -2.19. The predicted octanol–water partition coefficient (Wildman–Crippen LogP) is 2.23. The number of esters is 2. The van der Waals surface area contributed by atoms with Crippen molar-refractivity contribution < 1.29 is 28.7 Å². The van der Waals surface area contributed by atoms with Crippen LogP contribution >= 0.6 is 23.1 Å². The minimum atomic E-state index is -0.488. The minimum absolute atomic E-state index is 0.0488. The molecule has 0 saturated carbocycles. The molecule has 1 aliphatic heterocycles. The number of amides is 2. The second kappa shape index (κ2) is 12.0. The highest BCUT2D eigenvalue weighted by Crippen LogP contribution is 2.20. The lowest BCUT2D eigenvalue weighted by atomic mass is 10.2. The summed E-state index contributed by atoms with van der Waals surface area (Å²) in [4.78, 5) is 55.1. The van der Waals surface area contributed by atoms with Gasteiger partial charge in [0.1, 0.15) is 6.54 Å². The Balaban J connectivity index is 1.75. The number of thiazole rings is 1. The zero-order valence-corrected chi connectivity index (χ0v) is 20.3. The number of nitrogens with zero attached hydrogens (tertiary/aromatic N) is 3. The van der Waals surface area contributed by atoms with Crippen LogP contribution in [0.2, 0.25) is 0 Å². The molecule has 0 N–H and O–H groups in total. The first-order chi connectivity index (χ1) is 15.9. The van der Waals surface area contributed by atoms with Crippen molar-refractivity contribution in [1.82, 2.24) is 9.47 Å². The van der Waals surface area contributed by atoms with Crippen molar-refractivity contribution in [2.75, 3.05) is 38.8 Å². The van der Waals surface area contributed by atoms with Crippen LogP contribution in [0, 0.1) is 0 Å². The summed E-state index contributed by atoms with van der Waals surface area (Å²) in [6.45, 7) is 1.43. The summed E-state index contributed by atoms with van der Waals surface area (Å²) in [5.41, 5.74) is 1.01. The molecule has 0 unspecified atom stereocenters. The average Bonchev–Trinajstić information content (AvgIpc) is 2.97. The third-order valence-corrected chi connectivity index (χ3v) is 7.19. The lowest BCUT2D eigenvalue weighted by molar-refractivity contribution is -0.141. The quantitative estimate of drug-likeness (QED) is 0.544. The van der Waals surface area contributed by atoms with E-state index in [1.54, 1.807) is 22.8 Å². The number of rotatable bonds is 7. The largest absolute Gasteiger partial charge is 0.468 e. The smallest absolute Gasteiger partial charge is 0.337 e. The predicted molar refractivity (Wildman–Crippen MR) is 126 cm³/mol. The van der Waals surface area contributed by atoms with E-state index in [1.165, 1.54) is 37.3 Å². The maximum absolute atomic E-state index is 12.5. The van der Waals surface area contributed by atoms with Crippen molar-refractivity contribution in [1.29, 1.82) is 0 Å². The standard InChI is InChI=1S/C22H27N3O6S2/c1-30-20(28)12-25-16-8-7-15(21(29)31-2)11-17(16)33-22(25)23-18(26)13-32-14-19(27)24-9-5-3-4-6-10-24/h7-8,11H,3-6,9-10,12-14H2,1-2H3. The molecule has 1 aromatic carbocycles. The number of fused-ring (bicyclic) bond motifs is 1. The van der Waals surface area contributed by atoms with Gasteiger partial charge in [-0.25, -0.2) is 4.79 Å². The van der Waals surface area contributed by atoms with E-state index in [0.29, 0.717) is 20.6 Å².